The van der Waals surface area contributed by atoms with Crippen molar-refractivity contribution in [2.75, 3.05) is 0 Å². The Morgan fingerprint density at radius 1 is 1.56 bits per heavy atom. The van der Waals surface area contributed by atoms with Crippen molar-refractivity contribution in [3.8, 4) is 0 Å². The third-order valence-corrected chi connectivity index (χ3v) is 1.26. The molecule has 0 radical (unpaired) electrons. The molecule has 0 aromatic rings. The van der Waals surface area contributed by atoms with Crippen molar-refractivity contribution in [1.29, 1.82) is 0 Å². The third-order valence-electron chi connectivity index (χ3n) is 0.912. The summed E-state index contributed by atoms with van der Waals surface area (Å²) >= 11 is 5.32. The van der Waals surface area contributed by atoms with Crippen molar-refractivity contribution in [2.24, 2.45) is 0 Å². The summed E-state index contributed by atoms with van der Waals surface area (Å²) in [5.41, 5.74) is 0. The van der Waals surface area contributed by atoms with Crippen molar-refractivity contribution in [3.63, 3.8) is 0 Å². The first-order chi connectivity index (χ1) is 3.70. The fourth-order valence-corrected chi connectivity index (χ4v) is 0.717. The van der Waals surface area contributed by atoms with Crippen LogP contribution in [0, 0.1) is 0 Å². The Morgan fingerprint density at radius 3 is 2.22 bits per heavy atom. The van der Waals surface area contributed by atoms with Gasteiger partial charge < -0.3 is 0 Å². The van der Waals surface area contributed by atoms with Crippen LogP contribution in [-0.2, 0) is 9.59 Å². The molecule has 0 aromatic carbocycles. The molecule has 0 spiro atoms. The molecule has 46 valence electrons. The average molecular weight is 158 g/mol. The summed E-state index contributed by atoms with van der Waals surface area (Å²) in [7, 11) is 0. The van der Waals surface area contributed by atoms with E-state index in [0.29, 0.717) is 0 Å². The molecule has 0 bridgehead atoms. The number of hydrogen-bond donors (Lipinski definition) is 1. The number of hydrogen-bond acceptors (Lipinski definition) is 2. The van der Waals surface area contributed by atoms with Gasteiger partial charge in [0.1, 0.15) is 5.38 Å². The first kappa shape index (κ1) is 9.43. The van der Waals surface area contributed by atoms with E-state index in [2.05, 4.69) is 5.32 Å². The maximum atomic E-state index is 10.3. The zero-order chi connectivity index (χ0) is 6.15. The molecule has 2 amide bonds. The number of alkyl halides is 1. The van der Waals surface area contributed by atoms with Gasteiger partial charge in [-0.05, 0) is 0 Å². The van der Waals surface area contributed by atoms with Crippen molar-refractivity contribution in [3.05, 3.63) is 0 Å². The van der Waals surface area contributed by atoms with Crippen LogP contribution >= 0.6 is 11.6 Å². The molecule has 3 nitrogen and oxygen atoms in total. The van der Waals surface area contributed by atoms with Gasteiger partial charge in [0.2, 0.25) is 11.8 Å². The van der Waals surface area contributed by atoms with E-state index >= 15 is 0 Å². The molecule has 1 aliphatic heterocycles. The predicted molar refractivity (Wildman–Crippen MR) is 34.6 cm³/mol. The van der Waals surface area contributed by atoms with Gasteiger partial charge in [-0.15, -0.1) is 11.6 Å². The van der Waals surface area contributed by atoms with Crippen LogP contribution in [0.2, 0.25) is 0 Å². The minimum atomic E-state index is -0.637. The zero-order valence-corrected chi connectivity index (χ0v) is 4.73. The molecular formula is C4H5ClNNaO2. The predicted octanol–water partition coefficient (Wildman–Crippen LogP) is -1.01. The fraction of sp³-hybridized carbons (Fsp3) is 0.500. The standard InChI is InChI=1S/C4H4ClNO2.Na.H/c5-2-1-3(7)6-4(2)8;;/h2H,1H2,(H,6,7,8);;. The van der Waals surface area contributed by atoms with E-state index in [4.69, 9.17) is 11.6 Å². The van der Waals surface area contributed by atoms with Crippen LogP contribution in [0.1, 0.15) is 6.42 Å². The number of nitrogens with one attached hydrogen (secondary N) is 1. The molecule has 1 aliphatic rings. The van der Waals surface area contributed by atoms with E-state index in [-0.39, 0.29) is 47.8 Å². The molecule has 0 aliphatic carbocycles. The molecular weight excluding hydrogens is 152 g/mol. The minimum absolute atomic E-state index is 0. The molecule has 5 heteroatoms. The van der Waals surface area contributed by atoms with E-state index < -0.39 is 5.38 Å². The van der Waals surface area contributed by atoms with Gasteiger partial charge >= 0.3 is 29.6 Å². The summed E-state index contributed by atoms with van der Waals surface area (Å²) in [4.78, 5) is 20.6. The van der Waals surface area contributed by atoms with Gasteiger partial charge in [-0.25, -0.2) is 0 Å². The van der Waals surface area contributed by atoms with Gasteiger partial charge in [-0.3, -0.25) is 14.9 Å². The SMILES string of the molecule is O=C1CC(Cl)C(=O)N1.[NaH]. The average Bonchev–Trinajstić information content (AvgIpc) is 1.85. The second kappa shape index (κ2) is 3.56. The summed E-state index contributed by atoms with van der Waals surface area (Å²) in [5, 5.41) is 1.42. The Bertz CT molecular complexity index is 150. The topological polar surface area (TPSA) is 46.2 Å². The number of halogens is 1. The summed E-state index contributed by atoms with van der Waals surface area (Å²) in [5.74, 6) is -0.660. The number of amides is 2. The third kappa shape index (κ3) is 2.26. The van der Waals surface area contributed by atoms with Gasteiger partial charge in [-0.1, -0.05) is 0 Å². The molecule has 1 saturated heterocycles. The molecule has 1 atom stereocenters. The van der Waals surface area contributed by atoms with E-state index in [0.717, 1.165) is 0 Å². The summed E-state index contributed by atoms with van der Waals surface area (Å²) in [6, 6.07) is 0. The zero-order valence-electron chi connectivity index (χ0n) is 3.98. The summed E-state index contributed by atoms with van der Waals surface area (Å²) < 4.78 is 0. The summed E-state index contributed by atoms with van der Waals surface area (Å²) in [6.45, 7) is 0. The van der Waals surface area contributed by atoms with Crippen LogP contribution in [0.4, 0.5) is 0 Å². The van der Waals surface area contributed by atoms with Gasteiger partial charge in [0, 0.05) is 0 Å². The molecule has 1 fully saturated rings. The number of carbonyl (C=O) groups is 2. The van der Waals surface area contributed by atoms with Crippen LogP contribution in [0.3, 0.4) is 0 Å². The number of imide groups is 1. The van der Waals surface area contributed by atoms with E-state index in [1.807, 2.05) is 0 Å². The van der Waals surface area contributed by atoms with Crippen LogP contribution in [-0.4, -0.2) is 46.7 Å². The Balaban J connectivity index is 0.000000640. The quantitative estimate of drug-likeness (QED) is 0.278. The Morgan fingerprint density at radius 2 is 2.11 bits per heavy atom. The van der Waals surface area contributed by atoms with Crippen LogP contribution in [0.5, 0.6) is 0 Å². The van der Waals surface area contributed by atoms with Gasteiger partial charge in [-0.2, -0.15) is 0 Å². The molecule has 1 N–H and O–H groups in total. The van der Waals surface area contributed by atoms with Crippen LogP contribution < -0.4 is 5.32 Å². The molecule has 9 heavy (non-hydrogen) atoms. The second-order valence-corrected chi connectivity index (χ2v) is 2.11. The van der Waals surface area contributed by atoms with E-state index in [1.165, 1.54) is 0 Å². The van der Waals surface area contributed by atoms with Gasteiger partial charge in [0.05, 0.1) is 6.42 Å². The summed E-state index contributed by atoms with van der Waals surface area (Å²) in [6.07, 6.45) is 0.125. The molecule has 0 saturated carbocycles. The molecule has 1 rings (SSSR count). The van der Waals surface area contributed by atoms with E-state index in [9.17, 15) is 9.59 Å². The Hall–Kier alpha value is 0.430. The van der Waals surface area contributed by atoms with Crippen LogP contribution in [0.15, 0.2) is 0 Å². The van der Waals surface area contributed by atoms with Crippen molar-refractivity contribution in [2.45, 2.75) is 11.8 Å². The number of carbonyl (C=O) groups excluding carboxylic acids is 2. The van der Waals surface area contributed by atoms with Gasteiger partial charge in [0.15, 0.2) is 0 Å². The van der Waals surface area contributed by atoms with Crippen LogP contribution in [0.25, 0.3) is 0 Å². The second-order valence-electron chi connectivity index (χ2n) is 1.58. The van der Waals surface area contributed by atoms with E-state index in [1.54, 1.807) is 0 Å². The number of rotatable bonds is 0. The van der Waals surface area contributed by atoms with Crippen molar-refractivity contribution in [1.82, 2.24) is 5.32 Å². The monoisotopic (exact) mass is 157 g/mol. The fourth-order valence-electron chi connectivity index (χ4n) is 0.522. The normalized spacial score (nSPS) is 25.2. The Labute approximate surface area is 79.4 Å². The molecule has 1 unspecified atom stereocenters. The maximum absolute atomic E-state index is 10.3. The molecule has 0 aromatic heterocycles. The Kier molecular flexibility index (Phi) is 3.73. The van der Waals surface area contributed by atoms with Crippen molar-refractivity contribution < 1.29 is 9.59 Å². The van der Waals surface area contributed by atoms with Crippen molar-refractivity contribution >= 4 is 53.0 Å². The molecule has 1 heterocycles. The first-order valence-electron chi connectivity index (χ1n) is 2.18. The first-order valence-corrected chi connectivity index (χ1v) is 2.61. The van der Waals surface area contributed by atoms with Gasteiger partial charge in [0.25, 0.3) is 0 Å².